The molecule has 3 aromatic heterocycles. The topological polar surface area (TPSA) is 52.2 Å². The van der Waals surface area contributed by atoms with Gasteiger partial charge in [-0.15, -0.1) is 0 Å². The molecule has 0 amide bonds. The molecule has 138 valence electrons. The van der Waals surface area contributed by atoms with Crippen molar-refractivity contribution in [3.8, 4) is 0 Å². The third kappa shape index (κ3) is 2.68. The van der Waals surface area contributed by atoms with Crippen LogP contribution in [-0.4, -0.2) is 24.8 Å². The number of benzene rings is 1. The molecule has 4 rings (SSSR count). The van der Waals surface area contributed by atoms with Crippen molar-refractivity contribution in [3.63, 3.8) is 0 Å². The molecule has 0 saturated carbocycles. The highest BCUT2D eigenvalue weighted by atomic mass is 35.5. The Kier molecular flexibility index (Phi) is 3.78. The van der Waals surface area contributed by atoms with Crippen molar-refractivity contribution in [2.75, 3.05) is 0 Å². The van der Waals surface area contributed by atoms with Crippen LogP contribution in [-0.2, 0) is 6.18 Å². The molecule has 0 atom stereocenters. The fraction of sp³-hybridized carbons (Fsp3) is 0.167. The third-order valence-corrected chi connectivity index (χ3v) is 4.59. The lowest BCUT2D eigenvalue weighted by Gasteiger charge is -2.10. The largest absolute Gasteiger partial charge is 0.417 e. The van der Waals surface area contributed by atoms with Gasteiger partial charge in [0.15, 0.2) is 5.65 Å². The summed E-state index contributed by atoms with van der Waals surface area (Å²) in [4.78, 5) is 21.8. The zero-order valence-corrected chi connectivity index (χ0v) is 14.9. The Morgan fingerprint density at radius 1 is 1.15 bits per heavy atom. The van der Waals surface area contributed by atoms with Gasteiger partial charge in [0.2, 0.25) is 0 Å². The molecule has 0 aliphatic heterocycles. The fourth-order valence-electron chi connectivity index (χ4n) is 3.14. The number of carbonyl (C=O) groups excluding carboxylic acids is 1. The zero-order valence-electron chi connectivity index (χ0n) is 14.2. The lowest BCUT2D eigenvalue weighted by molar-refractivity contribution is -0.137. The molecule has 0 fully saturated rings. The van der Waals surface area contributed by atoms with Crippen molar-refractivity contribution in [3.05, 3.63) is 64.3 Å². The van der Waals surface area contributed by atoms with Crippen LogP contribution in [0.1, 0.15) is 27.6 Å². The fourth-order valence-corrected chi connectivity index (χ4v) is 3.39. The first-order chi connectivity index (χ1) is 12.7. The summed E-state index contributed by atoms with van der Waals surface area (Å²) in [5.41, 5.74) is 0.588. The number of carbonyl (C=O) groups is 1. The van der Waals surface area contributed by atoms with E-state index in [1.54, 1.807) is 38.1 Å². The Bertz CT molecular complexity index is 1220. The second kappa shape index (κ2) is 5.82. The van der Waals surface area contributed by atoms with Gasteiger partial charge in [0.05, 0.1) is 27.3 Å². The minimum absolute atomic E-state index is 0.00394. The minimum Gasteiger partial charge on any atom is -0.293 e. The molecule has 9 heteroatoms. The standard InChI is InChI=1S/C18H12ClF3N4O/c1-9-15(17(27)26-10(2)24-13-5-3-4-6-14(13)26)25-8-11(18(20,21)22)7-12(19)16(25)23-9/h3-8H,1-2H3. The number of fused-ring (bicyclic) bond motifs is 2. The SMILES string of the molecule is Cc1nc2c(Cl)cc(C(F)(F)F)cn2c1C(=O)n1c(C)nc2ccccc21. The van der Waals surface area contributed by atoms with Crippen LogP contribution in [0, 0.1) is 13.8 Å². The maximum atomic E-state index is 13.2. The lowest BCUT2D eigenvalue weighted by atomic mass is 10.2. The smallest absolute Gasteiger partial charge is 0.293 e. The second-order valence-corrected chi connectivity index (χ2v) is 6.51. The summed E-state index contributed by atoms with van der Waals surface area (Å²) in [5, 5.41) is -0.181. The number of para-hydroxylation sites is 2. The van der Waals surface area contributed by atoms with Crippen LogP contribution in [0.25, 0.3) is 16.7 Å². The van der Waals surface area contributed by atoms with Crippen LogP contribution >= 0.6 is 11.6 Å². The summed E-state index contributed by atoms with van der Waals surface area (Å²) in [5.74, 6) is -0.102. The molecule has 3 heterocycles. The van der Waals surface area contributed by atoms with Crippen molar-refractivity contribution in [2.45, 2.75) is 20.0 Å². The maximum Gasteiger partial charge on any atom is 0.417 e. The molecule has 0 unspecified atom stereocenters. The highest BCUT2D eigenvalue weighted by molar-refractivity contribution is 6.33. The average Bonchev–Trinajstić information content (AvgIpc) is 3.09. The molecular weight excluding hydrogens is 381 g/mol. The van der Waals surface area contributed by atoms with E-state index in [1.807, 2.05) is 0 Å². The minimum atomic E-state index is -4.60. The molecule has 0 spiro atoms. The van der Waals surface area contributed by atoms with E-state index in [9.17, 15) is 18.0 Å². The van der Waals surface area contributed by atoms with Crippen molar-refractivity contribution in [1.29, 1.82) is 0 Å². The number of pyridine rings is 1. The van der Waals surface area contributed by atoms with E-state index in [-0.39, 0.29) is 22.1 Å². The van der Waals surface area contributed by atoms with E-state index >= 15 is 0 Å². The first-order valence-corrected chi connectivity index (χ1v) is 8.30. The van der Waals surface area contributed by atoms with Crippen molar-refractivity contribution in [2.24, 2.45) is 0 Å². The average molecular weight is 393 g/mol. The number of nitrogens with zero attached hydrogens (tertiary/aromatic N) is 4. The first kappa shape index (κ1) is 17.5. The molecule has 1 aromatic carbocycles. The van der Waals surface area contributed by atoms with E-state index in [0.717, 1.165) is 16.7 Å². The predicted molar refractivity (Wildman–Crippen MR) is 94.1 cm³/mol. The van der Waals surface area contributed by atoms with Gasteiger partial charge in [-0.25, -0.2) is 9.97 Å². The molecule has 4 aromatic rings. The van der Waals surface area contributed by atoms with E-state index < -0.39 is 17.6 Å². The van der Waals surface area contributed by atoms with E-state index in [2.05, 4.69) is 9.97 Å². The normalized spacial score (nSPS) is 12.2. The van der Waals surface area contributed by atoms with Crippen LogP contribution in [0.5, 0.6) is 0 Å². The lowest BCUT2D eigenvalue weighted by Crippen LogP contribution is -2.17. The summed E-state index contributed by atoms with van der Waals surface area (Å²) < 4.78 is 42.0. The molecule has 0 saturated heterocycles. The summed E-state index contributed by atoms with van der Waals surface area (Å²) in [6.07, 6.45) is -3.77. The van der Waals surface area contributed by atoms with E-state index in [1.165, 1.54) is 4.57 Å². The second-order valence-electron chi connectivity index (χ2n) is 6.10. The Balaban J connectivity index is 2.00. The zero-order chi connectivity index (χ0) is 19.5. The molecular formula is C18H12ClF3N4O. The first-order valence-electron chi connectivity index (χ1n) is 7.92. The van der Waals surface area contributed by atoms with E-state index in [4.69, 9.17) is 11.6 Å². The summed E-state index contributed by atoms with van der Waals surface area (Å²) >= 11 is 6.00. The maximum absolute atomic E-state index is 13.2. The Hall–Kier alpha value is -2.87. The van der Waals surface area contributed by atoms with Crippen LogP contribution in [0.4, 0.5) is 13.2 Å². The summed E-state index contributed by atoms with van der Waals surface area (Å²) in [6, 6.07) is 7.83. The molecule has 0 radical (unpaired) electrons. The summed E-state index contributed by atoms with van der Waals surface area (Å²) in [7, 11) is 0. The van der Waals surface area contributed by atoms with Crippen LogP contribution in [0.2, 0.25) is 5.02 Å². The highest BCUT2D eigenvalue weighted by Gasteiger charge is 2.33. The molecule has 0 bridgehead atoms. The molecule has 5 nitrogen and oxygen atoms in total. The van der Waals surface area contributed by atoms with Gasteiger partial charge in [-0.2, -0.15) is 13.2 Å². The van der Waals surface area contributed by atoms with Gasteiger partial charge in [0, 0.05) is 6.20 Å². The molecule has 0 aliphatic rings. The van der Waals surface area contributed by atoms with Gasteiger partial charge in [-0.05, 0) is 32.0 Å². The Morgan fingerprint density at radius 3 is 2.56 bits per heavy atom. The molecule has 27 heavy (non-hydrogen) atoms. The predicted octanol–water partition coefficient (Wildman–Crippen LogP) is 4.66. The van der Waals surface area contributed by atoms with Gasteiger partial charge in [-0.3, -0.25) is 13.8 Å². The number of rotatable bonds is 1. The number of alkyl halides is 3. The number of aromatic nitrogens is 4. The monoisotopic (exact) mass is 392 g/mol. The van der Waals surface area contributed by atoms with Crippen molar-refractivity contribution >= 4 is 34.2 Å². The van der Waals surface area contributed by atoms with Gasteiger partial charge < -0.3 is 0 Å². The van der Waals surface area contributed by atoms with Crippen molar-refractivity contribution < 1.29 is 18.0 Å². The van der Waals surface area contributed by atoms with Gasteiger partial charge in [-0.1, -0.05) is 23.7 Å². The number of hydrogen-bond donors (Lipinski definition) is 0. The highest BCUT2D eigenvalue weighted by Crippen LogP contribution is 2.33. The van der Waals surface area contributed by atoms with E-state index in [0.29, 0.717) is 16.9 Å². The van der Waals surface area contributed by atoms with Gasteiger partial charge in [0.25, 0.3) is 5.91 Å². The quantitative estimate of drug-likeness (QED) is 0.473. The number of hydrogen-bond acceptors (Lipinski definition) is 3. The number of imidazole rings is 2. The van der Waals surface area contributed by atoms with Gasteiger partial charge >= 0.3 is 6.18 Å². The van der Waals surface area contributed by atoms with Crippen LogP contribution in [0.3, 0.4) is 0 Å². The third-order valence-electron chi connectivity index (χ3n) is 4.31. The van der Waals surface area contributed by atoms with Crippen molar-refractivity contribution in [1.82, 2.24) is 18.9 Å². The number of halogens is 4. The number of aryl methyl sites for hydroxylation is 2. The van der Waals surface area contributed by atoms with Crippen LogP contribution < -0.4 is 0 Å². The Labute approximate surface area is 156 Å². The van der Waals surface area contributed by atoms with Gasteiger partial charge in [0.1, 0.15) is 11.5 Å². The molecule has 0 N–H and O–H groups in total. The Morgan fingerprint density at radius 2 is 1.85 bits per heavy atom. The van der Waals surface area contributed by atoms with Crippen LogP contribution in [0.15, 0.2) is 36.5 Å². The summed E-state index contributed by atoms with van der Waals surface area (Å²) in [6.45, 7) is 3.21. The molecule has 0 aliphatic carbocycles.